The standard InChI is InChI=1S/C36H18N2/c1-38-32-19-18-29(23-8-2-3-9-24(23)32)34-25-10-4-5-11-27(25)36-31-17-16-21(20-37)22-12-6-13-26(33(22)31)28-14-7-15-30(34)35(28)36/h2-19H. The molecule has 0 aliphatic carbocycles. The summed E-state index contributed by atoms with van der Waals surface area (Å²) < 4.78 is 0. The van der Waals surface area contributed by atoms with E-state index in [1.165, 1.54) is 48.7 Å². The minimum Gasteiger partial charge on any atom is -0.238 e. The Bertz CT molecular complexity index is 2360. The SMILES string of the molecule is [C-]#[N+]c1ccc(-c2c3ccccc3c3c4ccc(C#N)c5cccc(c6cccc2c63)c54)c2ccccc12. The molecule has 0 bridgehead atoms. The van der Waals surface area contributed by atoms with Crippen molar-refractivity contribution in [1.82, 2.24) is 0 Å². The molecule has 0 N–H and O–H groups in total. The van der Waals surface area contributed by atoms with Crippen molar-refractivity contribution < 1.29 is 0 Å². The van der Waals surface area contributed by atoms with E-state index < -0.39 is 0 Å². The molecule has 8 aromatic rings. The molecule has 2 nitrogen and oxygen atoms in total. The molecule has 0 atom stereocenters. The second-order valence-electron chi connectivity index (χ2n) is 9.81. The first-order valence-corrected chi connectivity index (χ1v) is 12.6. The van der Waals surface area contributed by atoms with E-state index in [9.17, 15) is 5.26 Å². The second-order valence-corrected chi connectivity index (χ2v) is 9.81. The van der Waals surface area contributed by atoms with Crippen LogP contribution in [-0.2, 0) is 0 Å². The fourth-order valence-corrected chi connectivity index (χ4v) is 6.56. The lowest BCUT2D eigenvalue weighted by molar-refractivity contribution is 1.51. The minimum absolute atomic E-state index is 0.672. The summed E-state index contributed by atoms with van der Waals surface area (Å²) in [5.74, 6) is 0. The molecule has 0 fully saturated rings. The first-order chi connectivity index (χ1) is 18.8. The monoisotopic (exact) mass is 478 g/mol. The Kier molecular flexibility index (Phi) is 4.11. The second kappa shape index (κ2) is 7.53. The molecule has 0 heterocycles. The molecule has 8 rings (SSSR count). The van der Waals surface area contributed by atoms with E-state index in [-0.39, 0.29) is 0 Å². The molecule has 0 spiro atoms. The average molecular weight is 479 g/mol. The fraction of sp³-hybridized carbons (Fsp3) is 0. The van der Waals surface area contributed by atoms with Gasteiger partial charge in [0.1, 0.15) is 0 Å². The highest BCUT2D eigenvalue weighted by Gasteiger charge is 2.21. The molecule has 0 saturated heterocycles. The number of nitriles is 1. The van der Waals surface area contributed by atoms with Crippen molar-refractivity contribution >= 4 is 70.3 Å². The van der Waals surface area contributed by atoms with Crippen molar-refractivity contribution in [3.8, 4) is 17.2 Å². The lowest BCUT2D eigenvalue weighted by Crippen LogP contribution is -1.93. The molecular weight excluding hydrogens is 460 g/mol. The minimum atomic E-state index is 0.672. The molecule has 8 aromatic carbocycles. The number of hydrogen-bond acceptors (Lipinski definition) is 1. The maximum atomic E-state index is 9.85. The Morgan fingerprint density at radius 3 is 1.82 bits per heavy atom. The van der Waals surface area contributed by atoms with Crippen LogP contribution in [0.4, 0.5) is 5.69 Å². The summed E-state index contributed by atoms with van der Waals surface area (Å²) in [6.07, 6.45) is 0. The van der Waals surface area contributed by atoms with Gasteiger partial charge in [0.15, 0.2) is 5.69 Å². The fourth-order valence-electron chi connectivity index (χ4n) is 6.56. The summed E-state index contributed by atoms with van der Waals surface area (Å²) >= 11 is 0. The van der Waals surface area contributed by atoms with Gasteiger partial charge in [-0.3, -0.25) is 0 Å². The molecule has 2 heteroatoms. The van der Waals surface area contributed by atoms with Crippen LogP contribution in [0.5, 0.6) is 0 Å². The van der Waals surface area contributed by atoms with Gasteiger partial charge in [-0.2, -0.15) is 5.26 Å². The topological polar surface area (TPSA) is 28.1 Å². The van der Waals surface area contributed by atoms with Gasteiger partial charge in [-0.1, -0.05) is 103 Å². The van der Waals surface area contributed by atoms with Crippen molar-refractivity contribution in [2.24, 2.45) is 0 Å². The van der Waals surface area contributed by atoms with Crippen LogP contribution in [0.25, 0.3) is 80.6 Å². The van der Waals surface area contributed by atoms with Crippen LogP contribution in [0.15, 0.2) is 109 Å². The summed E-state index contributed by atoms with van der Waals surface area (Å²) in [7, 11) is 0. The van der Waals surface area contributed by atoms with E-state index in [1.807, 2.05) is 24.3 Å². The van der Waals surface area contributed by atoms with Crippen molar-refractivity contribution in [3.05, 3.63) is 126 Å². The molecule has 0 saturated carbocycles. The molecule has 0 unspecified atom stereocenters. The molecule has 0 amide bonds. The van der Waals surface area contributed by atoms with Crippen molar-refractivity contribution in [1.29, 1.82) is 5.26 Å². The summed E-state index contributed by atoms with van der Waals surface area (Å²) in [5, 5.41) is 23.6. The van der Waals surface area contributed by atoms with Gasteiger partial charge in [0.05, 0.1) is 18.2 Å². The lowest BCUT2D eigenvalue weighted by Gasteiger charge is -2.21. The highest BCUT2D eigenvalue weighted by atomic mass is 14.6. The number of nitrogens with zero attached hydrogens (tertiary/aromatic N) is 2. The van der Waals surface area contributed by atoms with E-state index in [2.05, 4.69) is 95.8 Å². The van der Waals surface area contributed by atoms with Gasteiger partial charge in [0.2, 0.25) is 0 Å². The molecule has 0 aromatic heterocycles. The third kappa shape index (κ3) is 2.54. The maximum Gasteiger partial charge on any atom is 0.194 e. The van der Waals surface area contributed by atoms with Crippen LogP contribution >= 0.6 is 0 Å². The molecule has 0 aliphatic heterocycles. The zero-order valence-electron chi connectivity index (χ0n) is 20.3. The van der Waals surface area contributed by atoms with Crippen LogP contribution in [0.1, 0.15) is 5.56 Å². The zero-order valence-corrected chi connectivity index (χ0v) is 20.3. The highest BCUT2D eigenvalue weighted by Crippen LogP contribution is 2.49. The van der Waals surface area contributed by atoms with Crippen LogP contribution in [0, 0.1) is 17.9 Å². The average Bonchev–Trinajstić information content (AvgIpc) is 2.98. The Morgan fingerprint density at radius 1 is 0.474 bits per heavy atom. The molecule has 38 heavy (non-hydrogen) atoms. The predicted molar refractivity (Wildman–Crippen MR) is 159 cm³/mol. The van der Waals surface area contributed by atoms with Gasteiger partial charge < -0.3 is 0 Å². The lowest BCUT2D eigenvalue weighted by atomic mass is 9.82. The van der Waals surface area contributed by atoms with Crippen molar-refractivity contribution in [2.75, 3.05) is 0 Å². The number of fused-ring (bicyclic) bond motifs is 5. The third-order valence-electron chi connectivity index (χ3n) is 8.06. The van der Waals surface area contributed by atoms with E-state index in [1.54, 1.807) is 0 Å². The number of benzene rings is 8. The first kappa shape index (κ1) is 20.7. The first-order valence-electron chi connectivity index (χ1n) is 12.6. The van der Waals surface area contributed by atoms with E-state index in [4.69, 9.17) is 6.57 Å². The van der Waals surface area contributed by atoms with Gasteiger partial charge in [-0.25, -0.2) is 4.85 Å². The van der Waals surface area contributed by atoms with Crippen molar-refractivity contribution in [2.45, 2.75) is 0 Å². The molecular formula is C36H18N2. The Labute approximate surface area is 218 Å². The normalized spacial score (nSPS) is 11.6. The summed E-state index contributed by atoms with van der Waals surface area (Å²) in [6, 6.07) is 40.3. The van der Waals surface area contributed by atoms with Crippen LogP contribution in [-0.4, -0.2) is 0 Å². The Morgan fingerprint density at radius 2 is 1.05 bits per heavy atom. The van der Waals surface area contributed by atoms with Crippen LogP contribution < -0.4 is 0 Å². The van der Waals surface area contributed by atoms with E-state index in [0.717, 1.165) is 27.1 Å². The molecule has 0 aliphatic rings. The maximum absolute atomic E-state index is 9.85. The number of rotatable bonds is 1. The van der Waals surface area contributed by atoms with E-state index >= 15 is 0 Å². The largest absolute Gasteiger partial charge is 0.238 e. The Hall–Kier alpha value is -5.44. The van der Waals surface area contributed by atoms with Gasteiger partial charge in [-0.15, -0.1) is 0 Å². The van der Waals surface area contributed by atoms with Crippen LogP contribution in [0.3, 0.4) is 0 Å². The zero-order chi connectivity index (χ0) is 25.4. The third-order valence-corrected chi connectivity index (χ3v) is 8.06. The van der Waals surface area contributed by atoms with Crippen molar-refractivity contribution in [3.63, 3.8) is 0 Å². The van der Waals surface area contributed by atoms with Gasteiger partial charge >= 0.3 is 0 Å². The predicted octanol–water partition coefficient (Wildman–Crippen LogP) is 10.1. The highest BCUT2D eigenvalue weighted by molar-refractivity contribution is 6.41. The van der Waals surface area contributed by atoms with Gasteiger partial charge in [-0.05, 0) is 76.4 Å². The molecule has 172 valence electrons. The Balaban J connectivity index is 1.69. The quantitative estimate of drug-likeness (QED) is 0.131. The number of hydrogen-bond donors (Lipinski definition) is 0. The summed E-state index contributed by atoms with van der Waals surface area (Å²) in [5.41, 5.74) is 3.70. The molecule has 0 radical (unpaired) electrons. The van der Waals surface area contributed by atoms with Gasteiger partial charge in [0, 0.05) is 5.39 Å². The summed E-state index contributed by atoms with van der Waals surface area (Å²) in [4.78, 5) is 3.80. The smallest absolute Gasteiger partial charge is 0.194 e. The summed E-state index contributed by atoms with van der Waals surface area (Å²) in [6.45, 7) is 7.71. The van der Waals surface area contributed by atoms with Gasteiger partial charge in [0.25, 0.3) is 0 Å². The van der Waals surface area contributed by atoms with Crippen LogP contribution in [0.2, 0.25) is 0 Å². The van der Waals surface area contributed by atoms with E-state index in [0.29, 0.717) is 11.3 Å².